The standard InChI is InChI=1S/C16H23N2O2/c1-12(2)15-11-20-16(17-15)14-5-3-4-13(14)10-18-6-8-19-9-7-18/h3-5,12,15H,6-11H2,1-2H3/t15-/m1/s1. The Labute approximate surface area is 122 Å². The highest BCUT2D eigenvalue weighted by molar-refractivity contribution is 5.98. The maximum absolute atomic E-state index is 5.81. The van der Waals surface area contributed by atoms with Gasteiger partial charge in [0.25, 0.3) is 0 Å². The molecule has 4 nitrogen and oxygen atoms in total. The zero-order valence-corrected chi connectivity index (χ0v) is 12.3. The van der Waals surface area contributed by atoms with Gasteiger partial charge in [0, 0.05) is 25.6 Å². The van der Waals surface area contributed by atoms with Gasteiger partial charge in [-0.1, -0.05) is 13.8 Å². The van der Waals surface area contributed by atoms with Crippen LogP contribution >= 0.6 is 0 Å². The van der Waals surface area contributed by atoms with Crippen LogP contribution < -0.4 is 0 Å². The summed E-state index contributed by atoms with van der Waals surface area (Å²) in [4.78, 5) is 7.16. The molecule has 109 valence electrons. The van der Waals surface area contributed by atoms with E-state index in [1.807, 2.05) is 0 Å². The normalized spacial score (nSPS) is 29.9. The number of rotatable bonds is 4. The van der Waals surface area contributed by atoms with Gasteiger partial charge in [0.2, 0.25) is 0 Å². The first-order valence-corrected chi connectivity index (χ1v) is 7.49. The van der Waals surface area contributed by atoms with Crippen LogP contribution in [0.4, 0.5) is 0 Å². The van der Waals surface area contributed by atoms with Crippen LogP contribution in [0.5, 0.6) is 0 Å². The van der Waals surface area contributed by atoms with Crippen molar-refractivity contribution in [3.8, 4) is 0 Å². The maximum atomic E-state index is 5.81. The Morgan fingerprint density at radius 3 is 2.80 bits per heavy atom. The van der Waals surface area contributed by atoms with Crippen LogP contribution in [-0.4, -0.2) is 56.3 Å². The maximum Gasteiger partial charge on any atom is 0.192 e. The van der Waals surface area contributed by atoms with Gasteiger partial charge in [-0.05, 0) is 25.2 Å². The molecule has 3 aliphatic rings. The van der Waals surface area contributed by atoms with Gasteiger partial charge < -0.3 is 9.47 Å². The molecular weight excluding hydrogens is 252 g/mol. The third kappa shape index (κ3) is 3.17. The molecule has 0 amide bonds. The van der Waals surface area contributed by atoms with Gasteiger partial charge in [-0.3, -0.25) is 4.90 Å². The second-order valence-electron chi connectivity index (χ2n) is 5.91. The molecule has 0 aromatic rings. The Morgan fingerprint density at radius 2 is 2.10 bits per heavy atom. The molecule has 1 atom stereocenters. The summed E-state index contributed by atoms with van der Waals surface area (Å²) < 4.78 is 11.2. The summed E-state index contributed by atoms with van der Waals surface area (Å²) in [7, 11) is 0. The average molecular weight is 275 g/mol. The van der Waals surface area contributed by atoms with Crippen LogP contribution in [0, 0.1) is 37.0 Å². The number of morpholine rings is 1. The molecule has 5 radical (unpaired) electrons. The Morgan fingerprint density at radius 1 is 1.30 bits per heavy atom. The lowest BCUT2D eigenvalue weighted by Crippen LogP contribution is -2.40. The highest BCUT2D eigenvalue weighted by Crippen LogP contribution is 2.37. The highest BCUT2D eigenvalue weighted by Gasteiger charge is 2.38. The highest BCUT2D eigenvalue weighted by atomic mass is 16.5. The zero-order chi connectivity index (χ0) is 13.9. The van der Waals surface area contributed by atoms with Crippen LogP contribution in [0.15, 0.2) is 4.99 Å². The Balaban J connectivity index is 1.59. The lowest BCUT2D eigenvalue weighted by atomic mass is 9.95. The molecule has 3 rings (SSSR count). The number of nitrogens with zero attached hydrogens (tertiary/aromatic N) is 2. The Hall–Kier alpha value is -0.610. The van der Waals surface area contributed by atoms with Gasteiger partial charge in [0.1, 0.15) is 6.61 Å². The van der Waals surface area contributed by atoms with Crippen molar-refractivity contribution < 1.29 is 9.47 Å². The molecule has 1 saturated heterocycles. The number of ether oxygens (including phenoxy) is 2. The van der Waals surface area contributed by atoms with Crippen LogP contribution in [0.25, 0.3) is 0 Å². The molecule has 0 N–H and O–H groups in total. The van der Waals surface area contributed by atoms with E-state index in [-0.39, 0.29) is 0 Å². The summed E-state index contributed by atoms with van der Waals surface area (Å²) in [5, 5.41) is 0. The minimum absolute atomic E-state index is 0.302. The summed E-state index contributed by atoms with van der Waals surface area (Å²) in [5.41, 5.74) is 0. The third-order valence-electron chi connectivity index (χ3n) is 4.08. The second-order valence-corrected chi connectivity index (χ2v) is 5.91. The van der Waals surface area contributed by atoms with Crippen LogP contribution in [-0.2, 0) is 9.47 Å². The smallest absolute Gasteiger partial charge is 0.192 e. The molecular formula is C16H23N2O2. The second kappa shape index (κ2) is 6.44. The molecule has 0 aromatic heterocycles. The molecule has 1 aliphatic carbocycles. The fourth-order valence-corrected chi connectivity index (χ4v) is 2.68. The molecule has 0 spiro atoms. The molecule has 2 heterocycles. The predicted molar refractivity (Wildman–Crippen MR) is 78.7 cm³/mol. The van der Waals surface area contributed by atoms with Crippen LogP contribution in [0.1, 0.15) is 13.8 Å². The Bertz CT molecular complexity index is 350. The zero-order valence-electron chi connectivity index (χ0n) is 12.3. The SMILES string of the molecule is CC(C)[C@H]1COC([C]2[CH][CH][CH][C]2CN2CCOCC2)=N1. The van der Waals surface area contributed by atoms with Gasteiger partial charge in [-0.2, -0.15) is 0 Å². The Kier molecular flexibility index (Phi) is 4.61. The van der Waals surface area contributed by atoms with Crippen molar-refractivity contribution in [3.63, 3.8) is 0 Å². The first-order valence-electron chi connectivity index (χ1n) is 7.49. The largest absolute Gasteiger partial charge is 0.478 e. The fourth-order valence-electron chi connectivity index (χ4n) is 2.68. The first kappa shape index (κ1) is 14.3. The van der Waals surface area contributed by atoms with Crippen molar-refractivity contribution in [2.24, 2.45) is 10.9 Å². The molecule has 20 heavy (non-hydrogen) atoms. The van der Waals surface area contributed by atoms with Gasteiger partial charge in [-0.25, -0.2) is 4.99 Å². The summed E-state index contributed by atoms with van der Waals surface area (Å²) >= 11 is 0. The molecule has 0 bridgehead atoms. The van der Waals surface area contributed by atoms with Crippen molar-refractivity contribution in [1.82, 2.24) is 4.90 Å². The van der Waals surface area contributed by atoms with E-state index in [2.05, 4.69) is 38.0 Å². The molecule has 2 fully saturated rings. The van der Waals surface area contributed by atoms with E-state index in [9.17, 15) is 0 Å². The monoisotopic (exact) mass is 275 g/mol. The van der Waals surface area contributed by atoms with Crippen molar-refractivity contribution in [3.05, 3.63) is 31.1 Å². The molecule has 0 aromatic carbocycles. The first-order chi connectivity index (χ1) is 9.74. The summed E-state index contributed by atoms with van der Waals surface area (Å²) in [6.07, 6.45) is 6.40. The number of aliphatic imine (C=N–C) groups is 1. The molecule has 0 unspecified atom stereocenters. The lowest BCUT2D eigenvalue weighted by molar-refractivity contribution is 0.0406. The van der Waals surface area contributed by atoms with E-state index in [1.54, 1.807) is 0 Å². The van der Waals surface area contributed by atoms with E-state index in [0.29, 0.717) is 12.0 Å². The lowest BCUT2D eigenvalue weighted by Gasteiger charge is -2.30. The average Bonchev–Trinajstić information content (AvgIpc) is 3.08. The van der Waals surface area contributed by atoms with E-state index in [1.165, 1.54) is 11.8 Å². The fraction of sp³-hybridized carbons (Fsp3) is 0.625. The van der Waals surface area contributed by atoms with Gasteiger partial charge in [0.05, 0.1) is 25.2 Å². The van der Waals surface area contributed by atoms with Crippen molar-refractivity contribution in [1.29, 1.82) is 0 Å². The van der Waals surface area contributed by atoms with Crippen LogP contribution in [0.2, 0.25) is 0 Å². The number of hydrogen-bond donors (Lipinski definition) is 0. The van der Waals surface area contributed by atoms with Crippen LogP contribution in [0.3, 0.4) is 0 Å². The minimum Gasteiger partial charge on any atom is -0.478 e. The van der Waals surface area contributed by atoms with Gasteiger partial charge in [0.15, 0.2) is 5.90 Å². The summed E-state index contributed by atoms with van der Waals surface area (Å²) in [6.45, 7) is 9.75. The van der Waals surface area contributed by atoms with E-state index < -0.39 is 0 Å². The molecule has 1 saturated carbocycles. The summed E-state index contributed by atoms with van der Waals surface area (Å²) in [6, 6.07) is 0.302. The van der Waals surface area contributed by atoms with E-state index >= 15 is 0 Å². The third-order valence-corrected chi connectivity index (χ3v) is 4.08. The molecule has 2 aliphatic heterocycles. The van der Waals surface area contributed by atoms with Crippen molar-refractivity contribution in [2.75, 3.05) is 39.5 Å². The minimum atomic E-state index is 0.302. The van der Waals surface area contributed by atoms with Crippen molar-refractivity contribution in [2.45, 2.75) is 19.9 Å². The summed E-state index contributed by atoms with van der Waals surface area (Å²) in [5.74, 6) is 3.84. The number of hydrogen-bond acceptors (Lipinski definition) is 4. The van der Waals surface area contributed by atoms with Gasteiger partial charge in [-0.15, -0.1) is 0 Å². The quantitative estimate of drug-likeness (QED) is 0.780. The van der Waals surface area contributed by atoms with Crippen molar-refractivity contribution >= 4 is 5.90 Å². The van der Waals surface area contributed by atoms with Gasteiger partial charge >= 0.3 is 0 Å². The predicted octanol–water partition coefficient (Wildman–Crippen LogP) is 1.55. The van der Waals surface area contributed by atoms with E-state index in [4.69, 9.17) is 14.5 Å². The van der Waals surface area contributed by atoms with E-state index in [0.717, 1.165) is 45.4 Å². The molecule has 4 heteroatoms. The topological polar surface area (TPSA) is 34.1 Å².